The van der Waals surface area contributed by atoms with Crippen molar-refractivity contribution in [1.29, 1.82) is 0 Å². The van der Waals surface area contributed by atoms with Gasteiger partial charge in [-0.3, -0.25) is 0 Å². The lowest BCUT2D eigenvalue weighted by atomic mass is 9.78. The van der Waals surface area contributed by atoms with Crippen LogP contribution in [-0.2, 0) is 23.7 Å². The minimum absolute atomic E-state index is 0.0468. The van der Waals surface area contributed by atoms with E-state index in [1.165, 1.54) is 68.3 Å². The molecule has 1 heterocycles. The molecule has 0 spiro atoms. The molecule has 0 saturated carbocycles. The van der Waals surface area contributed by atoms with Gasteiger partial charge in [0, 0.05) is 22.4 Å². The molecule has 0 radical (unpaired) electrons. The van der Waals surface area contributed by atoms with E-state index in [2.05, 4.69) is 55.4 Å². The fourth-order valence-corrected chi connectivity index (χ4v) is 3.78. The van der Waals surface area contributed by atoms with Gasteiger partial charge in [0.15, 0.2) is 0 Å². The van der Waals surface area contributed by atoms with Crippen LogP contribution in [0.3, 0.4) is 0 Å². The van der Waals surface area contributed by atoms with Crippen molar-refractivity contribution in [3.63, 3.8) is 0 Å². The monoisotopic (exact) mass is 388 g/mol. The maximum atomic E-state index is 5.22. The van der Waals surface area contributed by atoms with Gasteiger partial charge in [0.25, 0.3) is 0 Å². The number of nitrogens with zero attached hydrogens (tertiary/aromatic N) is 2. The van der Waals surface area contributed by atoms with E-state index in [0.717, 1.165) is 31.5 Å². The highest BCUT2D eigenvalue weighted by molar-refractivity contribution is 5.35. The molecule has 0 bridgehead atoms. The second-order valence-corrected chi connectivity index (χ2v) is 9.91. The quantitative estimate of drug-likeness (QED) is 0.301. The predicted octanol–water partition coefficient (Wildman–Crippen LogP) is 8.10. The van der Waals surface area contributed by atoms with Crippen LogP contribution in [0, 0.1) is 0 Å². The molecular formula is C26H48N2. The lowest BCUT2D eigenvalue weighted by molar-refractivity contribution is 0.447. The molecule has 0 aliphatic heterocycles. The summed E-state index contributed by atoms with van der Waals surface area (Å²) in [5, 5.41) is 0. The third kappa shape index (κ3) is 7.16. The Morgan fingerprint density at radius 2 is 1.00 bits per heavy atom. The summed E-state index contributed by atoms with van der Waals surface area (Å²) in [6.07, 6.45) is 14.8. The van der Waals surface area contributed by atoms with E-state index >= 15 is 0 Å². The van der Waals surface area contributed by atoms with Crippen LogP contribution in [0.25, 0.3) is 0 Å². The van der Waals surface area contributed by atoms with Crippen molar-refractivity contribution in [2.75, 3.05) is 0 Å². The molecular weight excluding hydrogens is 340 g/mol. The molecule has 1 rings (SSSR count). The Labute approximate surface area is 176 Å². The Morgan fingerprint density at radius 3 is 1.36 bits per heavy atom. The Morgan fingerprint density at radius 1 is 0.571 bits per heavy atom. The van der Waals surface area contributed by atoms with Crippen molar-refractivity contribution in [3.05, 3.63) is 22.8 Å². The molecule has 0 aliphatic carbocycles. The fraction of sp³-hybridized carbons (Fsp3) is 0.846. The molecule has 28 heavy (non-hydrogen) atoms. The van der Waals surface area contributed by atoms with Crippen molar-refractivity contribution in [3.8, 4) is 0 Å². The van der Waals surface area contributed by atoms with Crippen LogP contribution in [0.1, 0.15) is 142 Å². The topological polar surface area (TPSA) is 25.8 Å². The Kier molecular flexibility index (Phi) is 10.7. The maximum absolute atomic E-state index is 5.22. The zero-order valence-corrected chi connectivity index (χ0v) is 20.4. The standard InChI is InChI=1S/C26H48N2/c1-9-13-15-17-19-21-23(25(5,6)11-3)22(20-18-16-14-10-2)28-24(27-21)26(7,8)12-4/h9-20H2,1-8H3. The van der Waals surface area contributed by atoms with Crippen LogP contribution in [0.5, 0.6) is 0 Å². The minimum atomic E-state index is 0.0468. The van der Waals surface area contributed by atoms with Crippen LogP contribution < -0.4 is 0 Å². The van der Waals surface area contributed by atoms with Gasteiger partial charge in [0.2, 0.25) is 0 Å². The zero-order chi connectivity index (χ0) is 21.2. The summed E-state index contributed by atoms with van der Waals surface area (Å²) < 4.78 is 0. The molecule has 162 valence electrons. The summed E-state index contributed by atoms with van der Waals surface area (Å²) in [5.41, 5.74) is 4.36. The first-order chi connectivity index (χ1) is 13.2. The summed E-state index contributed by atoms with van der Waals surface area (Å²) in [7, 11) is 0. The SMILES string of the molecule is CCCCCCc1nc(C(C)(C)CC)nc(CCCCCC)c1C(C)(C)CC. The third-order valence-electron chi connectivity index (χ3n) is 6.64. The van der Waals surface area contributed by atoms with Crippen LogP contribution in [0.2, 0.25) is 0 Å². The molecule has 1 aromatic heterocycles. The highest BCUT2D eigenvalue weighted by Gasteiger charge is 2.30. The Bertz CT molecular complexity index is 539. The summed E-state index contributed by atoms with van der Waals surface area (Å²) in [4.78, 5) is 10.4. The van der Waals surface area contributed by atoms with Crippen LogP contribution >= 0.6 is 0 Å². The van der Waals surface area contributed by atoms with Crippen LogP contribution in [-0.4, -0.2) is 9.97 Å². The Balaban J connectivity index is 3.37. The zero-order valence-electron chi connectivity index (χ0n) is 20.4. The van der Waals surface area contributed by atoms with E-state index in [1.54, 1.807) is 0 Å². The van der Waals surface area contributed by atoms with Crippen LogP contribution in [0.4, 0.5) is 0 Å². The molecule has 0 aromatic carbocycles. The average Bonchev–Trinajstić information content (AvgIpc) is 2.68. The smallest absolute Gasteiger partial charge is 0.134 e. The van der Waals surface area contributed by atoms with Gasteiger partial charge in [-0.1, -0.05) is 93.9 Å². The normalized spacial score (nSPS) is 12.6. The van der Waals surface area contributed by atoms with Gasteiger partial charge in [-0.2, -0.15) is 0 Å². The number of aromatic nitrogens is 2. The number of unbranched alkanes of at least 4 members (excludes halogenated alkanes) is 6. The van der Waals surface area contributed by atoms with E-state index in [9.17, 15) is 0 Å². The minimum Gasteiger partial charge on any atom is -0.237 e. The first kappa shape index (κ1) is 25.1. The van der Waals surface area contributed by atoms with Gasteiger partial charge in [-0.05, 0) is 43.9 Å². The fourth-order valence-electron chi connectivity index (χ4n) is 3.78. The molecule has 2 nitrogen and oxygen atoms in total. The highest BCUT2D eigenvalue weighted by Crippen LogP contribution is 2.35. The van der Waals surface area contributed by atoms with Gasteiger partial charge >= 0.3 is 0 Å². The molecule has 0 aliphatic rings. The average molecular weight is 389 g/mol. The lowest BCUT2D eigenvalue weighted by Crippen LogP contribution is -2.28. The van der Waals surface area contributed by atoms with Gasteiger partial charge in [-0.25, -0.2) is 9.97 Å². The van der Waals surface area contributed by atoms with E-state index in [1.807, 2.05) is 0 Å². The number of rotatable bonds is 14. The van der Waals surface area contributed by atoms with E-state index in [-0.39, 0.29) is 10.8 Å². The van der Waals surface area contributed by atoms with Crippen molar-refractivity contribution in [1.82, 2.24) is 9.97 Å². The molecule has 0 amide bonds. The van der Waals surface area contributed by atoms with E-state index < -0.39 is 0 Å². The molecule has 1 aromatic rings. The van der Waals surface area contributed by atoms with Crippen molar-refractivity contribution in [2.24, 2.45) is 0 Å². The van der Waals surface area contributed by atoms with E-state index in [0.29, 0.717) is 0 Å². The summed E-state index contributed by atoms with van der Waals surface area (Å²) in [5.74, 6) is 1.07. The molecule has 0 atom stereocenters. The maximum Gasteiger partial charge on any atom is 0.134 e. The predicted molar refractivity (Wildman–Crippen MR) is 124 cm³/mol. The summed E-state index contributed by atoms with van der Waals surface area (Å²) >= 11 is 0. The molecule has 0 fully saturated rings. The van der Waals surface area contributed by atoms with Crippen molar-refractivity contribution in [2.45, 2.75) is 143 Å². The summed E-state index contributed by atoms with van der Waals surface area (Å²) in [6, 6.07) is 0. The molecule has 2 heteroatoms. The second-order valence-electron chi connectivity index (χ2n) is 9.91. The van der Waals surface area contributed by atoms with Gasteiger partial charge in [-0.15, -0.1) is 0 Å². The highest BCUT2D eigenvalue weighted by atomic mass is 14.9. The van der Waals surface area contributed by atoms with Crippen LogP contribution in [0.15, 0.2) is 0 Å². The first-order valence-electron chi connectivity index (χ1n) is 12.1. The van der Waals surface area contributed by atoms with Crippen molar-refractivity contribution < 1.29 is 0 Å². The third-order valence-corrected chi connectivity index (χ3v) is 6.64. The van der Waals surface area contributed by atoms with E-state index in [4.69, 9.17) is 9.97 Å². The largest absolute Gasteiger partial charge is 0.237 e. The summed E-state index contributed by atoms with van der Waals surface area (Å²) in [6.45, 7) is 18.5. The van der Waals surface area contributed by atoms with Gasteiger partial charge in [0.05, 0.1) is 0 Å². The van der Waals surface area contributed by atoms with Gasteiger partial charge < -0.3 is 0 Å². The van der Waals surface area contributed by atoms with Crippen molar-refractivity contribution >= 4 is 0 Å². The van der Waals surface area contributed by atoms with Gasteiger partial charge in [0.1, 0.15) is 5.82 Å². The first-order valence-corrected chi connectivity index (χ1v) is 12.1. The molecule has 0 N–H and O–H groups in total. The number of hydrogen-bond acceptors (Lipinski definition) is 2. The molecule has 0 saturated heterocycles. The second kappa shape index (κ2) is 11.9. The number of hydrogen-bond donors (Lipinski definition) is 0. The lowest BCUT2D eigenvalue weighted by Gasteiger charge is -2.31. The number of aryl methyl sites for hydroxylation is 2. The Hall–Kier alpha value is -0.920. The molecule has 0 unspecified atom stereocenters.